The third kappa shape index (κ3) is 4.04. The summed E-state index contributed by atoms with van der Waals surface area (Å²) in [5.74, 6) is -0.319. The fourth-order valence-electron chi connectivity index (χ4n) is 2.46. The van der Waals surface area contributed by atoms with Crippen LogP contribution in [0.5, 0.6) is 0 Å². The van der Waals surface area contributed by atoms with E-state index in [1.807, 2.05) is 19.1 Å². The Hall–Kier alpha value is -2.11. The third-order valence-corrected chi connectivity index (χ3v) is 6.19. The first-order valence-corrected chi connectivity index (χ1v) is 9.34. The highest BCUT2D eigenvalue weighted by Gasteiger charge is 2.19. The van der Waals surface area contributed by atoms with Gasteiger partial charge in [-0.25, -0.2) is 4.98 Å². The molecule has 0 fully saturated rings. The van der Waals surface area contributed by atoms with Crippen molar-refractivity contribution in [1.29, 1.82) is 0 Å². The fourth-order valence-corrected chi connectivity index (χ4v) is 5.02. The number of aromatic nitrogens is 1. The van der Waals surface area contributed by atoms with Crippen LogP contribution in [0.15, 0.2) is 65.0 Å². The molecule has 2 N–H and O–H groups in total. The lowest BCUT2D eigenvalue weighted by Crippen LogP contribution is -2.13. The van der Waals surface area contributed by atoms with Gasteiger partial charge in [-0.2, -0.15) is 0 Å². The molecule has 0 saturated heterocycles. The van der Waals surface area contributed by atoms with E-state index in [2.05, 4.69) is 53.5 Å². The maximum absolute atomic E-state index is 11.2. The molecule has 0 saturated carbocycles. The number of benzene rings is 2. The van der Waals surface area contributed by atoms with Gasteiger partial charge in [-0.3, -0.25) is 4.79 Å². The van der Waals surface area contributed by atoms with Crippen molar-refractivity contribution in [3.05, 3.63) is 82.4 Å². The van der Waals surface area contributed by atoms with Crippen molar-refractivity contribution in [2.75, 3.05) is 0 Å². The average molecular weight is 355 g/mol. The van der Waals surface area contributed by atoms with E-state index in [-0.39, 0.29) is 17.6 Å². The van der Waals surface area contributed by atoms with Crippen LogP contribution in [0.25, 0.3) is 0 Å². The monoisotopic (exact) mass is 354 g/mol. The van der Waals surface area contributed by atoms with Crippen LogP contribution in [-0.2, 0) is 11.2 Å². The van der Waals surface area contributed by atoms with E-state index in [0.717, 1.165) is 14.9 Å². The number of thiazole rings is 1. The van der Waals surface area contributed by atoms with Crippen LogP contribution < -0.4 is 5.73 Å². The number of carbonyl (C=O) groups excluding carboxylic acids is 1. The molecule has 0 aliphatic carbocycles. The minimum atomic E-state index is -0.319. The lowest BCUT2D eigenvalue weighted by Gasteiger charge is -2.16. The van der Waals surface area contributed by atoms with Gasteiger partial charge in [0.05, 0.1) is 17.4 Å². The zero-order chi connectivity index (χ0) is 16.9. The minimum Gasteiger partial charge on any atom is -0.369 e. The molecule has 1 amide bonds. The summed E-state index contributed by atoms with van der Waals surface area (Å²) in [4.78, 5) is 16.8. The van der Waals surface area contributed by atoms with Gasteiger partial charge in [-0.15, -0.1) is 11.3 Å². The maximum Gasteiger partial charge on any atom is 0.222 e. The molecule has 3 nitrogen and oxygen atoms in total. The van der Waals surface area contributed by atoms with E-state index in [4.69, 9.17) is 5.73 Å². The highest BCUT2D eigenvalue weighted by molar-refractivity contribution is 8.01. The van der Waals surface area contributed by atoms with Crippen LogP contribution in [0.2, 0.25) is 0 Å². The van der Waals surface area contributed by atoms with Crippen LogP contribution in [0.4, 0.5) is 0 Å². The number of amides is 1. The summed E-state index contributed by atoms with van der Waals surface area (Å²) in [7, 11) is 0. The van der Waals surface area contributed by atoms with E-state index in [1.165, 1.54) is 11.1 Å². The van der Waals surface area contributed by atoms with Crippen molar-refractivity contribution in [2.45, 2.75) is 22.9 Å². The highest BCUT2D eigenvalue weighted by atomic mass is 32.2. The van der Waals surface area contributed by atoms with E-state index in [9.17, 15) is 4.79 Å². The predicted octanol–water partition coefficient (Wildman–Crippen LogP) is 4.36. The first kappa shape index (κ1) is 16.7. The number of thioether (sulfide) groups is 1. The van der Waals surface area contributed by atoms with Crippen LogP contribution in [-0.4, -0.2) is 10.9 Å². The summed E-state index contributed by atoms with van der Waals surface area (Å²) in [5, 5.41) is 0.166. The minimum absolute atomic E-state index is 0.166. The van der Waals surface area contributed by atoms with Crippen molar-refractivity contribution >= 4 is 29.0 Å². The van der Waals surface area contributed by atoms with Gasteiger partial charge in [0, 0.05) is 4.88 Å². The Morgan fingerprint density at radius 2 is 1.62 bits per heavy atom. The molecule has 1 heterocycles. The second-order valence-electron chi connectivity index (χ2n) is 5.45. The van der Waals surface area contributed by atoms with Crippen molar-refractivity contribution in [2.24, 2.45) is 5.73 Å². The molecule has 0 radical (unpaired) electrons. The van der Waals surface area contributed by atoms with Gasteiger partial charge in [0.1, 0.15) is 0 Å². The van der Waals surface area contributed by atoms with Crippen molar-refractivity contribution in [3.63, 3.8) is 0 Å². The van der Waals surface area contributed by atoms with Gasteiger partial charge in [0.15, 0.2) is 4.34 Å². The Morgan fingerprint density at radius 3 is 2.12 bits per heavy atom. The molecule has 3 rings (SSSR count). The highest BCUT2D eigenvalue weighted by Crippen LogP contribution is 2.42. The van der Waals surface area contributed by atoms with Gasteiger partial charge in [-0.1, -0.05) is 72.4 Å². The van der Waals surface area contributed by atoms with Crippen molar-refractivity contribution in [1.82, 2.24) is 4.98 Å². The van der Waals surface area contributed by atoms with Crippen LogP contribution in [0, 0.1) is 6.92 Å². The second-order valence-corrected chi connectivity index (χ2v) is 7.89. The number of hydrogen-bond donors (Lipinski definition) is 1. The second kappa shape index (κ2) is 7.64. The molecule has 0 aliphatic heterocycles. The zero-order valence-electron chi connectivity index (χ0n) is 13.3. The first-order valence-electron chi connectivity index (χ1n) is 7.64. The summed E-state index contributed by atoms with van der Waals surface area (Å²) in [6, 6.07) is 20.8. The summed E-state index contributed by atoms with van der Waals surface area (Å²) >= 11 is 3.27. The molecule has 3 aromatic rings. The van der Waals surface area contributed by atoms with E-state index < -0.39 is 0 Å². The molecule has 0 aliphatic rings. The molecule has 24 heavy (non-hydrogen) atoms. The molecule has 0 unspecified atom stereocenters. The standard InChI is InChI=1S/C19H18N2OS2/c1-13-16(12-17(20)22)23-19(21-13)24-18(14-8-4-2-5-9-14)15-10-6-3-7-11-15/h2-11,18H,12H2,1H3,(H2,20,22). The Kier molecular flexibility index (Phi) is 5.33. The Bertz CT molecular complexity index is 776. The van der Waals surface area contributed by atoms with Gasteiger partial charge >= 0.3 is 0 Å². The topological polar surface area (TPSA) is 56.0 Å². The van der Waals surface area contributed by atoms with E-state index >= 15 is 0 Å². The number of hydrogen-bond acceptors (Lipinski definition) is 4. The normalized spacial score (nSPS) is 10.9. The first-order chi connectivity index (χ1) is 11.6. The molecule has 0 atom stereocenters. The molecule has 122 valence electrons. The van der Waals surface area contributed by atoms with Crippen LogP contribution >= 0.6 is 23.1 Å². The quantitative estimate of drug-likeness (QED) is 0.669. The third-order valence-electron chi connectivity index (χ3n) is 3.63. The van der Waals surface area contributed by atoms with Crippen LogP contribution in [0.3, 0.4) is 0 Å². The Balaban J connectivity index is 1.92. The lowest BCUT2D eigenvalue weighted by molar-refractivity contribution is -0.117. The SMILES string of the molecule is Cc1nc(SC(c2ccccc2)c2ccccc2)sc1CC(N)=O. The van der Waals surface area contributed by atoms with E-state index in [1.54, 1.807) is 23.1 Å². The van der Waals surface area contributed by atoms with Gasteiger partial charge in [0.25, 0.3) is 0 Å². The summed E-state index contributed by atoms with van der Waals surface area (Å²) in [5.41, 5.74) is 8.68. The summed E-state index contributed by atoms with van der Waals surface area (Å²) in [6.07, 6.45) is 0.255. The van der Waals surface area contributed by atoms with Crippen molar-refractivity contribution in [3.8, 4) is 0 Å². The summed E-state index contributed by atoms with van der Waals surface area (Å²) < 4.78 is 0.960. The van der Waals surface area contributed by atoms with E-state index in [0.29, 0.717) is 0 Å². The van der Waals surface area contributed by atoms with Gasteiger partial charge in [0.2, 0.25) is 5.91 Å². The lowest BCUT2D eigenvalue weighted by atomic mass is 10.0. The molecule has 0 bridgehead atoms. The summed E-state index contributed by atoms with van der Waals surface area (Å²) in [6.45, 7) is 1.93. The van der Waals surface area contributed by atoms with Crippen LogP contribution in [0.1, 0.15) is 26.9 Å². The smallest absolute Gasteiger partial charge is 0.222 e. The molecule has 2 aromatic carbocycles. The number of nitrogens with zero attached hydrogens (tertiary/aromatic N) is 1. The maximum atomic E-state index is 11.2. The largest absolute Gasteiger partial charge is 0.369 e. The van der Waals surface area contributed by atoms with Crippen molar-refractivity contribution < 1.29 is 4.79 Å². The molecule has 0 spiro atoms. The number of nitrogens with two attached hydrogens (primary N) is 1. The van der Waals surface area contributed by atoms with Gasteiger partial charge < -0.3 is 5.73 Å². The predicted molar refractivity (Wildman–Crippen MR) is 100 cm³/mol. The molecular weight excluding hydrogens is 336 g/mol. The van der Waals surface area contributed by atoms with Gasteiger partial charge in [-0.05, 0) is 18.1 Å². The average Bonchev–Trinajstić information content (AvgIpc) is 2.93. The zero-order valence-corrected chi connectivity index (χ0v) is 14.9. The Morgan fingerprint density at radius 1 is 1.08 bits per heavy atom. The number of aryl methyl sites for hydroxylation is 1. The number of rotatable bonds is 6. The Labute approximate surface area is 149 Å². The molecule has 5 heteroatoms. The fraction of sp³-hybridized carbons (Fsp3) is 0.158. The number of primary amides is 1. The number of carbonyl (C=O) groups is 1. The molecular formula is C19H18N2OS2. The molecule has 1 aromatic heterocycles.